The molecule has 5 nitrogen and oxygen atoms in total. The summed E-state index contributed by atoms with van der Waals surface area (Å²) in [6, 6.07) is 17.7. The number of benzene rings is 2. The van der Waals surface area contributed by atoms with Gasteiger partial charge in [-0.15, -0.1) is 0 Å². The van der Waals surface area contributed by atoms with E-state index in [0.29, 0.717) is 17.8 Å². The molecule has 0 aliphatic rings. The maximum Gasteiger partial charge on any atom is 0.267 e. The third kappa shape index (κ3) is 4.77. The van der Waals surface area contributed by atoms with E-state index in [1.807, 2.05) is 44.2 Å². The van der Waals surface area contributed by atoms with Gasteiger partial charge in [-0.1, -0.05) is 30.3 Å². The van der Waals surface area contributed by atoms with Crippen molar-refractivity contribution in [1.82, 2.24) is 14.7 Å². The second-order valence-electron chi connectivity index (χ2n) is 7.23. The van der Waals surface area contributed by atoms with E-state index in [1.165, 1.54) is 22.9 Å². The van der Waals surface area contributed by atoms with Gasteiger partial charge in [-0.2, -0.15) is 5.10 Å². The number of rotatable bonds is 6. The topological polar surface area (TPSA) is 55.2 Å². The van der Waals surface area contributed by atoms with Crippen LogP contribution in [0.5, 0.6) is 0 Å². The van der Waals surface area contributed by atoms with E-state index in [0.717, 1.165) is 5.56 Å². The Balaban J connectivity index is 1.90. The van der Waals surface area contributed by atoms with Crippen molar-refractivity contribution >= 4 is 5.91 Å². The summed E-state index contributed by atoms with van der Waals surface area (Å²) in [5, 5.41) is 4.38. The Hall–Kier alpha value is -3.28. The number of carbonyl (C=O) groups excluding carboxylic acids is 1. The Bertz CT molecular complexity index is 1030. The normalized spacial score (nSPS) is 12.0. The predicted molar refractivity (Wildman–Crippen MR) is 111 cm³/mol. The summed E-state index contributed by atoms with van der Waals surface area (Å²) in [4.78, 5) is 27.4. The zero-order valence-corrected chi connectivity index (χ0v) is 16.7. The molecule has 0 aliphatic carbocycles. The van der Waals surface area contributed by atoms with Crippen LogP contribution >= 0.6 is 0 Å². The van der Waals surface area contributed by atoms with Gasteiger partial charge in [0.2, 0.25) is 5.91 Å². The van der Waals surface area contributed by atoms with Crippen LogP contribution in [0, 0.1) is 5.82 Å². The first-order chi connectivity index (χ1) is 13.9. The van der Waals surface area contributed by atoms with Gasteiger partial charge in [-0.3, -0.25) is 9.59 Å². The number of hydrogen-bond donors (Lipinski definition) is 0. The molecule has 0 N–H and O–H groups in total. The highest BCUT2D eigenvalue weighted by atomic mass is 19.1. The Morgan fingerprint density at radius 1 is 1.00 bits per heavy atom. The average Bonchev–Trinajstić information content (AvgIpc) is 2.72. The van der Waals surface area contributed by atoms with Crippen molar-refractivity contribution in [2.75, 3.05) is 0 Å². The monoisotopic (exact) mass is 393 g/mol. The SMILES string of the molecule is CC(C)N(Cc1ccccc1)C(=O)C(C)n1nc(-c2ccc(F)cc2)ccc1=O. The highest BCUT2D eigenvalue weighted by molar-refractivity contribution is 5.80. The first-order valence-corrected chi connectivity index (χ1v) is 9.57. The molecule has 3 aromatic rings. The van der Waals surface area contributed by atoms with E-state index >= 15 is 0 Å². The van der Waals surface area contributed by atoms with E-state index in [2.05, 4.69) is 5.10 Å². The van der Waals surface area contributed by atoms with Crippen LogP contribution in [0.4, 0.5) is 4.39 Å². The van der Waals surface area contributed by atoms with Crippen LogP contribution in [0.3, 0.4) is 0 Å². The maximum absolute atomic E-state index is 13.2. The number of halogens is 1. The summed E-state index contributed by atoms with van der Waals surface area (Å²) in [5.41, 5.74) is 1.83. The Morgan fingerprint density at radius 2 is 1.66 bits per heavy atom. The smallest absolute Gasteiger partial charge is 0.267 e. The van der Waals surface area contributed by atoms with Crippen LogP contribution in [0.2, 0.25) is 0 Å². The fourth-order valence-electron chi connectivity index (χ4n) is 3.12. The van der Waals surface area contributed by atoms with Crippen molar-refractivity contribution in [2.24, 2.45) is 0 Å². The quantitative estimate of drug-likeness (QED) is 0.635. The van der Waals surface area contributed by atoms with Gasteiger partial charge in [0.1, 0.15) is 11.9 Å². The fraction of sp³-hybridized carbons (Fsp3) is 0.261. The summed E-state index contributed by atoms with van der Waals surface area (Å²) in [6.45, 7) is 6.01. The first kappa shape index (κ1) is 20.5. The van der Waals surface area contributed by atoms with Crippen molar-refractivity contribution in [3.05, 3.63) is 88.5 Å². The lowest BCUT2D eigenvalue weighted by molar-refractivity contribution is -0.137. The minimum absolute atomic E-state index is 0.0406. The van der Waals surface area contributed by atoms with Gasteiger partial charge >= 0.3 is 0 Å². The number of hydrogen-bond acceptors (Lipinski definition) is 3. The lowest BCUT2D eigenvalue weighted by Gasteiger charge is -2.30. The summed E-state index contributed by atoms with van der Waals surface area (Å²) < 4.78 is 14.4. The van der Waals surface area contributed by atoms with Gasteiger partial charge in [0, 0.05) is 24.2 Å². The standard InChI is InChI=1S/C23H24FN3O2/c1-16(2)26(15-18-7-5-4-6-8-18)23(29)17(3)27-22(28)14-13-21(25-27)19-9-11-20(24)12-10-19/h4-14,16-17H,15H2,1-3H3. The number of amides is 1. The third-order valence-electron chi connectivity index (χ3n) is 4.79. The lowest BCUT2D eigenvalue weighted by atomic mass is 10.1. The fourth-order valence-corrected chi connectivity index (χ4v) is 3.12. The molecule has 0 saturated heterocycles. The number of nitrogens with zero attached hydrogens (tertiary/aromatic N) is 3. The Labute approximate surface area is 169 Å². The van der Waals surface area contributed by atoms with E-state index < -0.39 is 6.04 Å². The van der Waals surface area contributed by atoms with Crippen molar-refractivity contribution < 1.29 is 9.18 Å². The van der Waals surface area contributed by atoms with Crippen molar-refractivity contribution in [3.8, 4) is 11.3 Å². The average molecular weight is 393 g/mol. The van der Waals surface area contributed by atoms with E-state index in [1.54, 1.807) is 30.0 Å². The molecule has 0 radical (unpaired) electrons. The molecule has 6 heteroatoms. The molecular formula is C23H24FN3O2. The molecule has 0 saturated carbocycles. The maximum atomic E-state index is 13.2. The Kier molecular flexibility index (Phi) is 6.22. The molecule has 0 bridgehead atoms. The van der Waals surface area contributed by atoms with Crippen LogP contribution in [-0.2, 0) is 11.3 Å². The van der Waals surface area contributed by atoms with Gasteiger partial charge < -0.3 is 4.90 Å². The van der Waals surface area contributed by atoms with Crippen molar-refractivity contribution in [3.63, 3.8) is 0 Å². The van der Waals surface area contributed by atoms with Crippen molar-refractivity contribution in [1.29, 1.82) is 0 Å². The van der Waals surface area contributed by atoms with E-state index in [-0.39, 0.29) is 23.3 Å². The predicted octanol–water partition coefficient (Wildman–Crippen LogP) is 4.05. The number of carbonyl (C=O) groups is 1. The molecule has 1 unspecified atom stereocenters. The van der Waals surface area contributed by atoms with Gasteiger partial charge in [-0.05, 0) is 56.7 Å². The highest BCUT2D eigenvalue weighted by Crippen LogP contribution is 2.18. The highest BCUT2D eigenvalue weighted by Gasteiger charge is 2.26. The van der Waals surface area contributed by atoms with Crippen LogP contribution in [0.15, 0.2) is 71.5 Å². The summed E-state index contributed by atoms with van der Waals surface area (Å²) in [5.74, 6) is -0.534. The molecule has 1 amide bonds. The molecule has 29 heavy (non-hydrogen) atoms. The Morgan fingerprint density at radius 3 is 2.28 bits per heavy atom. The van der Waals surface area contributed by atoms with Gasteiger partial charge in [0.05, 0.1) is 5.69 Å². The minimum atomic E-state index is -0.769. The molecule has 0 spiro atoms. The molecule has 3 rings (SSSR count). The third-order valence-corrected chi connectivity index (χ3v) is 4.79. The van der Waals surface area contributed by atoms with Crippen LogP contribution in [-0.4, -0.2) is 26.6 Å². The first-order valence-electron chi connectivity index (χ1n) is 9.57. The number of aromatic nitrogens is 2. The molecule has 2 aromatic carbocycles. The molecule has 1 atom stereocenters. The van der Waals surface area contributed by atoms with Crippen LogP contribution in [0.1, 0.15) is 32.4 Å². The molecule has 1 heterocycles. The largest absolute Gasteiger partial charge is 0.334 e. The van der Waals surface area contributed by atoms with Crippen molar-refractivity contribution in [2.45, 2.75) is 39.4 Å². The van der Waals surface area contributed by atoms with Gasteiger partial charge in [0.25, 0.3) is 5.56 Å². The lowest BCUT2D eigenvalue weighted by Crippen LogP contribution is -2.43. The summed E-state index contributed by atoms with van der Waals surface area (Å²) in [6.07, 6.45) is 0. The van der Waals surface area contributed by atoms with E-state index in [4.69, 9.17) is 0 Å². The van der Waals surface area contributed by atoms with Gasteiger partial charge in [0.15, 0.2) is 0 Å². The molecule has 1 aromatic heterocycles. The minimum Gasteiger partial charge on any atom is -0.334 e. The van der Waals surface area contributed by atoms with Crippen LogP contribution in [0.25, 0.3) is 11.3 Å². The zero-order valence-electron chi connectivity index (χ0n) is 16.7. The molecule has 0 fully saturated rings. The summed E-state index contributed by atoms with van der Waals surface area (Å²) >= 11 is 0. The van der Waals surface area contributed by atoms with Gasteiger partial charge in [-0.25, -0.2) is 9.07 Å². The molecule has 0 aliphatic heterocycles. The zero-order chi connectivity index (χ0) is 21.0. The molecular weight excluding hydrogens is 369 g/mol. The van der Waals surface area contributed by atoms with E-state index in [9.17, 15) is 14.0 Å². The summed E-state index contributed by atoms with van der Waals surface area (Å²) in [7, 11) is 0. The molecule has 150 valence electrons. The second kappa shape index (κ2) is 8.82. The van der Waals surface area contributed by atoms with Crippen LogP contribution < -0.4 is 5.56 Å². The second-order valence-corrected chi connectivity index (χ2v) is 7.23.